The van der Waals surface area contributed by atoms with E-state index in [9.17, 15) is 19.2 Å². The largest absolute Gasteiger partial charge is 0.490 e. The van der Waals surface area contributed by atoms with Crippen LogP contribution in [0.2, 0.25) is 0 Å². The number of hydrogen-bond donors (Lipinski definition) is 1. The van der Waals surface area contributed by atoms with E-state index in [1.807, 2.05) is 13.8 Å². The zero-order valence-corrected chi connectivity index (χ0v) is 16.0. The third kappa shape index (κ3) is 3.76. The first-order chi connectivity index (χ1) is 13.2. The molecule has 2 heterocycles. The summed E-state index contributed by atoms with van der Waals surface area (Å²) in [6.07, 6.45) is 1.90. The summed E-state index contributed by atoms with van der Waals surface area (Å²) in [5, 5.41) is 2.67. The van der Waals surface area contributed by atoms with E-state index < -0.39 is 11.3 Å². The van der Waals surface area contributed by atoms with Crippen LogP contribution in [0, 0.1) is 5.41 Å². The van der Waals surface area contributed by atoms with Gasteiger partial charge in [-0.05, 0) is 32.0 Å². The molecule has 0 saturated carbocycles. The molecule has 1 fully saturated rings. The van der Waals surface area contributed by atoms with Crippen LogP contribution in [0.4, 0.5) is 11.4 Å². The molecule has 0 bridgehead atoms. The van der Waals surface area contributed by atoms with Crippen LogP contribution in [0.25, 0.3) is 0 Å². The molecule has 1 saturated heterocycles. The summed E-state index contributed by atoms with van der Waals surface area (Å²) in [5.74, 6) is -0.757. The van der Waals surface area contributed by atoms with E-state index >= 15 is 0 Å². The van der Waals surface area contributed by atoms with Gasteiger partial charge < -0.3 is 15.0 Å². The van der Waals surface area contributed by atoms with Gasteiger partial charge in [-0.2, -0.15) is 0 Å². The molecule has 3 rings (SSSR count). The van der Waals surface area contributed by atoms with E-state index in [0.717, 1.165) is 4.90 Å². The molecule has 2 aliphatic rings. The van der Waals surface area contributed by atoms with E-state index in [1.165, 1.54) is 0 Å². The SMILES string of the molecule is C=CCN1C(=O)C(C)(C)COc2ccc(NC(=O)CN3C(=O)CCC3=O)cc21. The minimum absolute atomic E-state index is 0.108. The van der Waals surface area contributed by atoms with Crippen molar-refractivity contribution < 1.29 is 23.9 Å². The number of carbonyl (C=O) groups excluding carboxylic acids is 4. The Bertz CT molecular complexity index is 845. The van der Waals surface area contributed by atoms with Crippen LogP contribution < -0.4 is 15.0 Å². The summed E-state index contributed by atoms with van der Waals surface area (Å²) in [6.45, 7) is 7.53. The number of anilines is 2. The van der Waals surface area contributed by atoms with Crippen molar-refractivity contribution in [2.75, 3.05) is 29.9 Å². The van der Waals surface area contributed by atoms with Crippen molar-refractivity contribution in [3.63, 3.8) is 0 Å². The van der Waals surface area contributed by atoms with E-state index in [-0.39, 0.29) is 43.7 Å². The van der Waals surface area contributed by atoms with Crippen LogP contribution >= 0.6 is 0 Å². The Labute approximate surface area is 163 Å². The first kappa shape index (κ1) is 19.6. The number of carbonyl (C=O) groups is 4. The first-order valence-corrected chi connectivity index (χ1v) is 9.05. The third-order valence-corrected chi connectivity index (χ3v) is 4.71. The third-order valence-electron chi connectivity index (χ3n) is 4.71. The molecule has 2 aliphatic heterocycles. The second kappa shape index (κ2) is 7.46. The molecule has 0 unspecified atom stereocenters. The van der Waals surface area contributed by atoms with Crippen LogP contribution in [-0.2, 0) is 19.2 Å². The number of amides is 4. The maximum Gasteiger partial charge on any atom is 0.244 e. The summed E-state index contributed by atoms with van der Waals surface area (Å²) in [4.78, 5) is 51.0. The Hall–Kier alpha value is -3.16. The van der Waals surface area contributed by atoms with Crippen LogP contribution in [0.3, 0.4) is 0 Å². The zero-order valence-electron chi connectivity index (χ0n) is 16.0. The molecule has 0 radical (unpaired) electrons. The maximum absolute atomic E-state index is 12.9. The van der Waals surface area contributed by atoms with Gasteiger partial charge in [-0.25, -0.2) is 0 Å². The van der Waals surface area contributed by atoms with Crippen LogP contribution in [0.5, 0.6) is 5.75 Å². The highest BCUT2D eigenvalue weighted by atomic mass is 16.5. The molecule has 1 aromatic rings. The van der Waals surface area contributed by atoms with Crippen molar-refractivity contribution in [1.82, 2.24) is 4.90 Å². The molecule has 148 valence electrons. The standard InChI is InChI=1S/C20H23N3O5/c1-4-9-22-14-10-13(5-6-15(14)28-12-20(2,3)19(22)27)21-16(24)11-23-17(25)7-8-18(23)26/h4-6,10H,1,7-9,11-12H2,2-3H3,(H,21,24). The molecule has 0 aromatic heterocycles. The van der Waals surface area contributed by atoms with Gasteiger partial charge in [0.1, 0.15) is 18.9 Å². The van der Waals surface area contributed by atoms with Gasteiger partial charge in [0.25, 0.3) is 0 Å². The Morgan fingerprint density at radius 2 is 1.89 bits per heavy atom. The van der Waals surface area contributed by atoms with Gasteiger partial charge in [-0.15, -0.1) is 6.58 Å². The fraction of sp³-hybridized carbons (Fsp3) is 0.400. The van der Waals surface area contributed by atoms with Gasteiger partial charge in [0.2, 0.25) is 23.6 Å². The number of likely N-dealkylation sites (tertiary alicyclic amines) is 1. The molecular weight excluding hydrogens is 362 g/mol. The van der Waals surface area contributed by atoms with Gasteiger partial charge in [-0.3, -0.25) is 24.1 Å². The smallest absolute Gasteiger partial charge is 0.244 e. The Morgan fingerprint density at radius 1 is 1.21 bits per heavy atom. The normalized spacial score (nSPS) is 18.4. The highest BCUT2D eigenvalue weighted by Crippen LogP contribution is 2.38. The quantitative estimate of drug-likeness (QED) is 0.615. The average molecular weight is 385 g/mol. The van der Waals surface area contributed by atoms with E-state index in [0.29, 0.717) is 23.7 Å². The lowest BCUT2D eigenvalue weighted by atomic mass is 9.93. The number of ether oxygens (including phenoxy) is 1. The summed E-state index contributed by atoms with van der Waals surface area (Å²) in [6, 6.07) is 4.98. The lowest BCUT2D eigenvalue weighted by molar-refractivity contribution is -0.141. The number of benzene rings is 1. The fourth-order valence-corrected chi connectivity index (χ4v) is 3.18. The molecule has 28 heavy (non-hydrogen) atoms. The number of fused-ring (bicyclic) bond motifs is 1. The van der Waals surface area contributed by atoms with Crippen molar-refractivity contribution in [3.8, 4) is 5.75 Å². The van der Waals surface area contributed by atoms with Crippen molar-refractivity contribution in [2.24, 2.45) is 5.41 Å². The first-order valence-electron chi connectivity index (χ1n) is 9.05. The molecule has 0 aliphatic carbocycles. The maximum atomic E-state index is 12.9. The minimum atomic E-state index is -0.706. The number of imide groups is 1. The Kier molecular flexibility index (Phi) is 5.22. The van der Waals surface area contributed by atoms with Crippen LogP contribution in [-0.4, -0.2) is 48.2 Å². The molecular formula is C20H23N3O5. The number of hydrogen-bond acceptors (Lipinski definition) is 5. The lowest BCUT2D eigenvalue weighted by Crippen LogP contribution is -2.42. The summed E-state index contributed by atoms with van der Waals surface area (Å²) in [7, 11) is 0. The van der Waals surface area contributed by atoms with Crippen molar-refractivity contribution in [1.29, 1.82) is 0 Å². The summed E-state index contributed by atoms with van der Waals surface area (Å²) >= 11 is 0. The second-order valence-corrected chi connectivity index (χ2v) is 7.48. The van der Waals surface area contributed by atoms with Gasteiger partial charge >= 0.3 is 0 Å². The average Bonchev–Trinajstić information content (AvgIpc) is 2.91. The van der Waals surface area contributed by atoms with Gasteiger partial charge in [-0.1, -0.05) is 6.08 Å². The topological polar surface area (TPSA) is 96.0 Å². The molecule has 8 nitrogen and oxygen atoms in total. The summed E-state index contributed by atoms with van der Waals surface area (Å²) < 4.78 is 5.80. The van der Waals surface area contributed by atoms with Crippen LogP contribution in [0.15, 0.2) is 30.9 Å². The van der Waals surface area contributed by atoms with E-state index in [2.05, 4.69) is 11.9 Å². The number of nitrogens with one attached hydrogen (secondary N) is 1. The number of rotatable bonds is 5. The van der Waals surface area contributed by atoms with Crippen LogP contribution in [0.1, 0.15) is 26.7 Å². The monoisotopic (exact) mass is 385 g/mol. The molecule has 0 atom stereocenters. The molecule has 8 heteroatoms. The molecule has 0 spiro atoms. The predicted molar refractivity (Wildman–Crippen MR) is 103 cm³/mol. The highest BCUT2D eigenvalue weighted by molar-refractivity contribution is 6.06. The van der Waals surface area contributed by atoms with E-state index in [1.54, 1.807) is 29.2 Å². The summed E-state index contributed by atoms with van der Waals surface area (Å²) in [5.41, 5.74) is 0.261. The second-order valence-electron chi connectivity index (χ2n) is 7.48. The van der Waals surface area contributed by atoms with E-state index in [4.69, 9.17) is 4.74 Å². The fourth-order valence-electron chi connectivity index (χ4n) is 3.18. The highest BCUT2D eigenvalue weighted by Gasteiger charge is 2.37. The Morgan fingerprint density at radius 3 is 2.54 bits per heavy atom. The Balaban J connectivity index is 1.82. The molecule has 4 amide bonds. The minimum Gasteiger partial charge on any atom is -0.490 e. The molecule has 1 N–H and O–H groups in total. The van der Waals surface area contributed by atoms with Gasteiger partial charge in [0.15, 0.2) is 0 Å². The zero-order chi connectivity index (χ0) is 20.5. The molecule has 1 aromatic carbocycles. The van der Waals surface area contributed by atoms with Crippen molar-refractivity contribution in [3.05, 3.63) is 30.9 Å². The van der Waals surface area contributed by atoms with Gasteiger partial charge in [0.05, 0.1) is 11.1 Å². The van der Waals surface area contributed by atoms with Crippen molar-refractivity contribution in [2.45, 2.75) is 26.7 Å². The lowest BCUT2D eigenvalue weighted by Gasteiger charge is -2.27. The van der Waals surface area contributed by atoms with Crippen molar-refractivity contribution >= 4 is 35.0 Å². The van der Waals surface area contributed by atoms with Gasteiger partial charge in [0, 0.05) is 25.1 Å². The predicted octanol–water partition coefficient (Wildman–Crippen LogP) is 1.71. The number of nitrogens with zero attached hydrogens (tertiary/aromatic N) is 2.